The highest BCUT2D eigenvalue weighted by Gasteiger charge is 2.11. The summed E-state index contributed by atoms with van der Waals surface area (Å²) in [7, 11) is 0. The van der Waals surface area contributed by atoms with Gasteiger partial charge in [0.1, 0.15) is 0 Å². The van der Waals surface area contributed by atoms with Crippen molar-refractivity contribution < 1.29 is 4.79 Å². The summed E-state index contributed by atoms with van der Waals surface area (Å²) in [5.41, 5.74) is 6.61. The van der Waals surface area contributed by atoms with Crippen molar-refractivity contribution in [1.82, 2.24) is 5.32 Å². The first-order valence-corrected chi connectivity index (χ1v) is 6.44. The molecule has 0 saturated heterocycles. The second kappa shape index (κ2) is 7.29. The normalized spacial score (nSPS) is 11.9. The van der Waals surface area contributed by atoms with Crippen LogP contribution >= 0.6 is 15.9 Å². The quantitative estimate of drug-likeness (QED) is 0.749. The van der Waals surface area contributed by atoms with Gasteiger partial charge in [-0.2, -0.15) is 0 Å². The maximum absolute atomic E-state index is 11.4. The Labute approximate surface area is 110 Å². The maximum atomic E-state index is 11.4. The molecule has 0 aliphatic heterocycles. The van der Waals surface area contributed by atoms with Crippen LogP contribution in [0.15, 0.2) is 28.7 Å². The van der Waals surface area contributed by atoms with E-state index in [1.165, 1.54) is 0 Å². The lowest BCUT2D eigenvalue weighted by Crippen LogP contribution is -2.35. The van der Waals surface area contributed by atoms with E-state index in [1.54, 1.807) is 0 Å². The van der Waals surface area contributed by atoms with Crippen LogP contribution in [0.5, 0.6) is 0 Å². The molecule has 1 rings (SSSR count). The Morgan fingerprint density at radius 2 is 2.06 bits per heavy atom. The van der Waals surface area contributed by atoms with Crippen molar-refractivity contribution in [3.05, 3.63) is 28.7 Å². The Hall–Kier alpha value is -1.07. The van der Waals surface area contributed by atoms with Crippen LogP contribution in [0.2, 0.25) is 0 Å². The molecule has 1 atom stereocenters. The average Bonchev–Trinajstić information content (AvgIpc) is 2.31. The van der Waals surface area contributed by atoms with Crippen LogP contribution < -0.4 is 16.4 Å². The lowest BCUT2D eigenvalue weighted by molar-refractivity contribution is -0.121. The molecule has 5 heteroatoms. The van der Waals surface area contributed by atoms with Crippen molar-refractivity contribution in [2.45, 2.75) is 19.4 Å². The highest BCUT2D eigenvalue weighted by molar-refractivity contribution is 9.10. The highest BCUT2D eigenvalue weighted by atomic mass is 79.9. The minimum atomic E-state index is -0.0391. The Morgan fingerprint density at radius 3 is 2.59 bits per heavy atom. The first kappa shape index (κ1) is 14.0. The van der Waals surface area contributed by atoms with Gasteiger partial charge >= 0.3 is 0 Å². The molecule has 0 aromatic heterocycles. The third kappa shape index (κ3) is 5.19. The first-order valence-electron chi connectivity index (χ1n) is 5.64. The van der Waals surface area contributed by atoms with E-state index in [9.17, 15) is 4.79 Å². The van der Waals surface area contributed by atoms with Crippen molar-refractivity contribution in [2.24, 2.45) is 5.73 Å². The maximum Gasteiger partial charge on any atom is 0.222 e. The van der Waals surface area contributed by atoms with Gasteiger partial charge in [-0.3, -0.25) is 4.79 Å². The average molecular weight is 300 g/mol. The molecule has 1 aromatic carbocycles. The van der Waals surface area contributed by atoms with Crippen LogP contribution in [0.25, 0.3) is 0 Å². The summed E-state index contributed by atoms with van der Waals surface area (Å²) < 4.78 is 1.02. The number of nitrogens with one attached hydrogen (secondary N) is 2. The fourth-order valence-corrected chi connectivity index (χ4v) is 1.73. The topological polar surface area (TPSA) is 67.2 Å². The first-order chi connectivity index (χ1) is 8.15. The van der Waals surface area contributed by atoms with Gasteiger partial charge in [-0.15, -0.1) is 0 Å². The van der Waals surface area contributed by atoms with Crippen LogP contribution in [0.4, 0.5) is 5.69 Å². The minimum Gasteiger partial charge on any atom is -0.381 e. The van der Waals surface area contributed by atoms with E-state index in [0.29, 0.717) is 19.5 Å². The molecule has 17 heavy (non-hydrogen) atoms. The van der Waals surface area contributed by atoms with Gasteiger partial charge in [0.15, 0.2) is 0 Å². The molecule has 0 aliphatic rings. The van der Waals surface area contributed by atoms with Gasteiger partial charge in [-0.05, 0) is 31.2 Å². The van der Waals surface area contributed by atoms with E-state index >= 15 is 0 Å². The molecule has 1 aromatic rings. The zero-order valence-electron chi connectivity index (χ0n) is 9.87. The molecule has 1 amide bonds. The lowest BCUT2D eigenvalue weighted by atomic mass is 10.2. The smallest absolute Gasteiger partial charge is 0.222 e. The number of carbonyl (C=O) groups excluding carboxylic acids is 1. The monoisotopic (exact) mass is 299 g/mol. The van der Waals surface area contributed by atoms with Crippen molar-refractivity contribution in [2.75, 3.05) is 18.4 Å². The van der Waals surface area contributed by atoms with Gasteiger partial charge < -0.3 is 16.4 Å². The number of hydrogen-bond acceptors (Lipinski definition) is 3. The van der Waals surface area contributed by atoms with E-state index in [4.69, 9.17) is 5.73 Å². The zero-order valence-corrected chi connectivity index (χ0v) is 11.5. The number of benzene rings is 1. The number of hydrogen-bond donors (Lipinski definition) is 3. The van der Waals surface area contributed by atoms with E-state index in [1.807, 2.05) is 31.2 Å². The zero-order chi connectivity index (χ0) is 12.7. The molecule has 0 spiro atoms. The third-order valence-corrected chi connectivity index (χ3v) is 2.83. The van der Waals surface area contributed by atoms with Crippen molar-refractivity contribution >= 4 is 27.5 Å². The van der Waals surface area contributed by atoms with Crippen molar-refractivity contribution in [3.63, 3.8) is 0 Å². The summed E-state index contributed by atoms with van der Waals surface area (Å²) in [5.74, 6) is 0.0209. The van der Waals surface area contributed by atoms with Crippen LogP contribution in [0, 0.1) is 0 Å². The molecule has 0 fully saturated rings. The number of amides is 1. The van der Waals surface area contributed by atoms with Crippen molar-refractivity contribution in [1.29, 1.82) is 0 Å². The fraction of sp³-hybridized carbons (Fsp3) is 0.417. The third-order valence-electron chi connectivity index (χ3n) is 2.31. The Balaban J connectivity index is 2.51. The van der Waals surface area contributed by atoms with Gasteiger partial charge in [-0.25, -0.2) is 0 Å². The summed E-state index contributed by atoms with van der Waals surface area (Å²) >= 11 is 3.37. The van der Waals surface area contributed by atoms with Crippen LogP contribution in [0.3, 0.4) is 0 Å². The number of anilines is 1. The molecular weight excluding hydrogens is 282 g/mol. The number of halogens is 1. The van der Waals surface area contributed by atoms with Gasteiger partial charge in [0.25, 0.3) is 0 Å². The summed E-state index contributed by atoms with van der Waals surface area (Å²) in [5, 5.41) is 6.00. The van der Waals surface area contributed by atoms with Gasteiger partial charge in [0.2, 0.25) is 5.91 Å². The van der Waals surface area contributed by atoms with E-state index in [0.717, 1.165) is 10.2 Å². The van der Waals surface area contributed by atoms with E-state index in [-0.39, 0.29) is 11.9 Å². The number of rotatable bonds is 6. The van der Waals surface area contributed by atoms with E-state index < -0.39 is 0 Å². The summed E-state index contributed by atoms with van der Waals surface area (Å²) in [4.78, 5) is 11.4. The van der Waals surface area contributed by atoms with Gasteiger partial charge in [-0.1, -0.05) is 15.9 Å². The second-order valence-electron chi connectivity index (χ2n) is 3.74. The minimum absolute atomic E-state index is 0.0209. The van der Waals surface area contributed by atoms with Crippen LogP contribution in [-0.4, -0.2) is 25.0 Å². The highest BCUT2D eigenvalue weighted by Crippen LogP contribution is 2.15. The Bertz CT molecular complexity index is 353. The number of nitrogens with two attached hydrogens (primary N) is 1. The lowest BCUT2D eigenvalue weighted by Gasteiger charge is -2.17. The molecule has 94 valence electrons. The standard InChI is InChI=1S/C12H18BrN3O/c1-2-15-12(17)7-11(8-14)16-10-5-3-9(13)4-6-10/h3-6,11,16H,2,7-8,14H2,1H3,(H,15,17). The summed E-state index contributed by atoms with van der Waals surface area (Å²) in [6.45, 7) is 2.97. The Morgan fingerprint density at radius 1 is 1.41 bits per heavy atom. The number of carbonyl (C=O) groups is 1. The largest absolute Gasteiger partial charge is 0.381 e. The molecule has 0 heterocycles. The molecule has 4 nitrogen and oxygen atoms in total. The Kier molecular flexibility index (Phi) is 6.00. The molecule has 0 bridgehead atoms. The molecule has 0 saturated carbocycles. The van der Waals surface area contributed by atoms with Gasteiger partial charge in [0.05, 0.1) is 0 Å². The van der Waals surface area contributed by atoms with Crippen LogP contribution in [-0.2, 0) is 4.79 Å². The van der Waals surface area contributed by atoms with Crippen LogP contribution in [0.1, 0.15) is 13.3 Å². The molecule has 0 radical (unpaired) electrons. The van der Waals surface area contributed by atoms with Gasteiger partial charge in [0, 0.05) is 35.7 Å². The predicted molar refractivity (Wildman–Crippen MR) is 73.9 cm³/mol. The summed E-state index contributed by atoms with van der Waals surface area (Å²) in [6.07, 6.45) is 0.389. The second-order valence-corrected chi connectivity index (χ2v) is 4.66. The SMILES string of the molecule is CCNC(=O)CC(CN)Nc1ccc(Br)cc1. The molecular formula is C12H18BrN3O. The molecule has 1 unspecified atom stereocenters. The fourth-order valence-electron chi connectivity index (χ4n) is 1.47. The molecule has 4 N–H and O–H groups in total. The summed E-state index contributed by atoms with van der Waals surface area (Å²) in [6, 6.07) is 7.75. The van der Waals surface area contributed by atoms with E-state index in [2.05, 4.69) is 26.6 Å². The molecule has 0 aliphatic carbocycles. The van der Waals surface area contributed by atoms with Crippen molar-refractivity contribution in [3.8, 4) is 0 Å². The predicted octanol–water partition coefficient (Wildman–Crippen LogP) is 1.71.